The Morgan fingerprint density at radius 2 is 1.76 bits per heavy atom. The largest absolute Gasteiger partial charge is 0.342 e. The first-order chi connectivity index (χ1) is 16.0. The molecule has 1 amide bonds. The van der Waals surface area contributed by atoms with E-state index in [2.05, 4.69) is 10.3 Å². The molecule has 1 N–H and O–H groups in total. The number of amides is 1. The summed E-state index contributed by atoms with van der Waals surface area (Å²) in [6.07, 6.45) is 3.89. The number of hydrogen-bond donors (Lipinski definition) is 1. The van der Waals surface area contributed by atoms with Gasteiger partial charge < -0.3 is 10.1 Å². The second-order valence-electron chi connectivity index (χ2n) is 7.84. The minimum absolute atomic E-state index is 0. The molecule has 3 aromatic rings. The highest BCUT2D eigenvalue weighted by molar-refractivity contribution is 7.98. The van der Waals surface area contributed by atoms with Crippen LogP contribution in [0.2, 0.25) is 0 Å². The van der Waals surface area contributed by atoms with Crippen LogP contribution in [0.15, 0.2) is 60.0 Å². The Balaban J connectivity index is 0.00000408. The molecule has 0 aliphatic heterocycles. The zero-order valence-electron chi connectivity index (χ0n) is 19.4. The van der Waals surface area contributed by atoms with E-state index in [4.69, 9.17) is 0 Å². The molecule has 0 aliphatic rings. The van der Waals surface area contributed by atoms with Crippen molar-refractivity contribution in [2.24, 2.45) is 0 Å². The van der Waals surface area contributed by atoms with Gasteiger partial charge in [-0.2, -0.15) is 25.3 Å². The van der Waals surface area contributed by atoms with Gasteiger partial charge >= 0.3 is 0 Å². The topological polar surface area (TPSA) is 76.1 Å². The van der Waals surface area contributed by atoms with Crippen LogP contribution in [0.5, 0.6) is 0 Å². The third kappa shape index (κ3) is 8.42. The van der Waals surface area contributed by atoms with Crippen molar-refractivity contribution >= 4 is 54.1 Å². The number of carbonyl (C=O) groups excluding carboxylic acids is 3. The number of rotatable bonds is 12. The van der Waals surface area contributed by atoms with E-state index < -0.39 is 6.04 Å². The van der Waals surface area contributed by atoms with Gasteiger partial charge in [0.25, 0.3) is 5.91 Å². The number of benzene rings is 2. The zero-order chi connectivity index (χ0) is 23.6. The molecule has 1 atom stereocenters. The van der Waals surface area contributed by atoms with Crippen LogP contribution in [-0.2, 0) is 22.4 Å². The van der Waals surface area contributed by atoms with Crippen molar-refractivity contribution in [3.8, 4) is 11.3 Å². The van der Waals surface area contributed by atoms with Gasteiger partial charge in [0.1, 0.15) is 10.8 Å². The number of nitrogens with one attached hydrogen (secondary N) is 1. The summed E-state index contributed by atoms with van der Waals surface area (Å²) >= 11 is 3.11. The van der Waals surface area contributed by atoms with Crippen LogP contribution in [-0.4, -0.2) is 40.5 Å². The summed E-state index contributed by atoms with van der Waals surface area (Å²) in [6, 6.07) is 16.5. The van der Waals surface area contributed by atoms with Crippen LogP contribution in [0.3, 0.4) is 0 Å². The molecule has 2 aromatic carbocycles. The number of hydrogen-bond acceptors (Lipinski definition) is 6. The van der Waals surface area contributed by atoms with Crippen molar-refractivity contribution in [1.82, 2.24) is 10.3 Å². The van der Waals surface area contributed by atoms with Gasteiger partial charge in [-0.1, -0.05) is 42.5 Å². The molecule has 0 fully saturated rings. The van der Waals surface area contributed by atoms with Crippen LogP contribution >= 0.6 is 36.6 Å². The third-order valence-electron chi connectivity index (χ3n) is 5.23. The Morgan fingerprint density at radius 1 is 1.06 bits per heavy atom. The maximum absolute atomic E-state index is 13.0. The molecular formula is C26H30N2O3S3. The van der Waals surface area contributed by atoms with Gasteiger partial charge in [-0.05, 0) is 49.5 Å². The maximum atomic E-state index is 13.0. The first kappa shape index (κ1) is 27.8. The van der Waals surface area contributed by atoms with Crippen LogP contribution < -0.4 is 5.32 Å². The number of ketones is 2. The van der Waals surface area contributed by atoms with E-state index >= 15 is 0 Å². The Hall–Kier alpha value is -2.42. The van der Waals surface area contributed by atoms with E-state index in [-0.39, 0.29) is 37.4 Å². The first-order valence-corrected chi connectivity index (χ1v) is 13.1. The maximum Gasteiger partial charge on any atom is 0.251 e. The average molecular weight is 515 g/mol. The highest BCUT2D eigenvalue weighted by Gasteiger charge is 2.22. The summed E-state index contributed by atoms with van der Waals surface area (Å²) in [5.41, 5.74) is 3.39. The van der Waals surface area contributed by atoms with E-state index in [0.717, 1.165) is 27.6 Å². The normalized spacial score (nSPS) is 11.4. The van der Waals surface area contributed by atoms with Crippen molar-refractivity contribution in [2.45, 2.75) is 38.6 Å². The molecule has 0 radical (unpaired) electrons. The lowest BCUT2D eigenvalue weighted by molar-refractivity contribution is -0.120. The summed E-state index contributed by atoms with van der Waals surface area (Å²) in [6.45, 7) is 1.57. The zero-order valence-corrected chi connectivity index (χ0v) is 22.0. The number of Topliss-reactive ketones (excluding diaryl/α,β-unsaturated/α-hetero) is 2. The number of nitrogens with zero attached hydrogens (tertiary/aromatic N) is 1. The third-order valence-corrected chi connectivity index (χ3v) is 6.73. The van der Waals surface area contributed by atoms with Crippen molar-refractivity contribution in [3.63, 3.8) is 0 Å². The summed E-state index contributed by atoms with van der Waals surface area (Å²) in [7, 11) is 0. The monoisotopic (exact) mass is 514 g/mol. The van der Waals surface area contributed by atoms with Crippen molar-refractivity contribution in [2.75, 3.05) is 12.0 Å². The summed E-state index contributed by atoms with van der Waals surface area (Å²) < 4.78 is 0. The molecule has 0 aliphatic carbocycles. The van der Waals surface area contributed by atoms with Gasteiger partial charge in [-0.15, -0.1) is 11.3 Å². The van der Waals surface area contributed by atoms with Gasteiger partial charge in [0.2, 0.25) is 0 Å². The number of thiazole rings is 1. The molecule has 3 rings (SSSR count). The SMILES string of the molecule is CSCC[C@H](NC(=O)c1ccc(CCC(C)=O)cc1)C(=O)Cc1nc(-c2ccccc2)cs1.S. The highest BCUT2D eigenvalue weighted by Crippen LogP contribution is 2.22. The van der Waals surface area contributed by atoms with E-state index in [0.29, 0.717) is 24.8 Å². The lowest BCUT2D eigenvalue weighted by Gasteiger charge is -2.17. The molecule has 0 spiro atoms. The van der Waals surface area contributed by atoms with Gasteiger partial charge in [0.05, 0.1) is 18.2 Å². The predicted molar refractivity (Wildman–Crippen MR) is 146 cm³/mol. The van der Waals surface area contributed by atoms with E-state index in [1.165, 1.54) is 11.3 Å². The van der Waals surface area contributed by atoms with E-state index in [1.807, 2.05) is 54.1 Å². The van der Waals surface area contributed by atoms with Gasteiger partial charge in [0, 0.05) is 22.9 Å². The average Bonchev–Trinajstić information content (AvgIpc) is 3.29. The molecule has 0 saturated heterocycles. The van der Waals surface area contributed by atoms with Gasteiger partial charge in [0.15, 0.2) is 5.78 Å². The summed E-state index contributed by atoms with van der Waals surface area (Å²) in [4.78, 5) is 41.6. The fourth-order valence-electron chi connectivity index (χ4n) is 3.34. The van der Waals surface area contributed by atoms with Crippen LogP contribution in [0, 0.1) is 0 Å². The van der Waals surface area contributed by atoms with Crippen molar-refractivity contribution in [1.29, 1.82) is 0 Å². The van der Waals surface area contributed by atoms with Gasteiger partial charge in [-0.25, -0.2) is 4.98 Å². The van der Waals surface area contributed by atoms with Crippen molar-refractivity contribution in [3.05, 3.63) is 76.1 Å². The summed E-state index contributed by atoms with van der Waals surface area (Å²) in [5, 5.41) is 5.62. The molecule has 180 valence electrons. The van der Waals surface area contributed by atoms with Gasteiger partial charge in [-0.3, -0.25) is 9.59 Å². The highest BCUT2D eigenvalue weighted by atomic mass is 32.2. The second-order valence-corrected chi connectivity index (χ2v) is 9.77. The molecule has 34 heavy (non-hydrogen) atoms. The number of aryl methyl sites for hydroxylation is 1. The standard InChI is InChI=1S/C26H28N2O3S2.H2S/c1-18(29)8-9-19-10-12-21(13-11-19)26(31)28-22(14-15-32-2)24(30)16-25-27-23(17-33-25)20-6-4-3-5-7-20;/h3-7,10-13,17,22H,8-9,14-16H2,1-2H3,(H,28,31);1H2/t22-;/m0./s1. The molecule has 1 heterocycles. The lowest BCUT2D eigenvalue weighted by atomic mass is 10.0. The van der Waals surface area contributed by atoms with Crippen molar-refractivity contribution < 1.29 is 14.4 Å². The Kier molecular flexibility index (Phi) is 11.5. The Morgan fingerprint density at radius 3 is 2.41 bits per heavy atom. The molecule has 0 unspecified atom stereocenters. The Labute approximate surface area is 216 Å². The molecule has 0 bridgehead atoms. The smallest absolute Gasteiger partial charge is 0.251 e. The predicted octanol–water partition coefficient (Wildman–Crippen LogP) is 5.11. The fraction of sp³-hybridized carbons (Fsp3) is 0.308. The molecule has 0 saturated carbocycles. The van der Waals surface area contributed by atoms with Crippen LogP contribution in [0.4, 0.5) is 0 Å². The van der Waals surface area contributed by atoms with E-state index in [9.17, 15) is 14.4 Å². The Bertz CT molecular complexity index is 1080. The minimum Gasteiger partial charge on any atom is -0.342 e. The summed E-state index contributed by atoms with van der Waals surface area (Å²) in [5.74, 6) is 0.609. The van der Waals surface area contributed by atoms with E-state index in [1.54, 1.807) is 30.8 Å². The molecule has 5 nitrogen and oxygen atoms in total. The molecule has 1 aromatic heterocycles. The number of aromatic nitrogens is 1. The second kappa shape index (κ2) is 14.1. The fourth-order valence-corrected chi connectivity index (χ4v) is 4.62. The first-order valence-electron chi connectivity index (χ1n) is 10.9. The van der Waals surface area contributed by atoms with Crippen LogP contribution in [0.1, 0.15) is 40.7 Å². The van der Waals surface area contributed by atoms with Crippen LogP contribution in [0.25, 0.3) is 11.3 Å². The molecular weight excluding hydrogens is 484 g/mol. The lowest BCUT2D eigenvalue weighted by Crippen LogP contribution is -2.42. The quantitative estimate of drug-likeness (QED) is 0.364. The number of thioether (sulfide) groups is 1. The minimum atomic E-state index is -0.564. The molecule has 8 heteroatoms. The number of carbonyl (C=O) groups is 3.